The Bertz CT molecular complexity index is 851. The van der Waals surface area contributed by atoms with Crippen molar-refractivity contribution in [1.29, 1.82) is 0 Å². The molecular weight excluding hydrogens is 352 g/mol. The van der Waals surface area contributed by atoms with Crippen molar-refractivity contribution in [1.82, 2.24) is 10.3 Å². The largest absolute Gasteiger partial charge is 0.461 e. The Balaban J connectivity index is 1.46. The minimum atomic E-state index is -0.346. The van der Waals surface area contributed by atoms with E-state index < -0.39 is 0 Å². The fraction of sp³-hybridized carbons (Fsp3) is 0.565. The van der Waals surface area contributed by atoms with Crippen molar-refractivity contribution in [3.8, 4) is 0 Å². The molecule has 0 unspecified atom stereocenters. The van der Waals surface area contributed by atoms with Crippen LogP contribution in [0.2, 0.25) is 0 Å². The van der Waals surface area contributed by atoms with E-state index in [1.54, 1.807) is 13.0 Å². The van der Waals surface area contributed by atoms with Crippen LogP contribution >= 0.6 is 0 Å². The third kappa shape index (κ3) is 4.00. The Labute approximate surface area is 166 Å². The first-order valence-electron chi connectivity index (χ1n) is 10.7. The minimum Gasteiger partial charge on any atom is -0.461 e. The maximum atomic E-state index is 13.1. The summed E-state index contributed by atoms with van der Waals surface area (Å²) < 4.78 is 5.06. The van der Waals surface area contributed by atoms with Crippen LogP contribution in [0.3, 0.4) is 0 Å². The molecule has 0 spiro atoms. The average molecular weight is 383 g/mol. The fourth-order valence-electron chi connectivity index (χ4n) is 5.07. The summed E-state index contributed by atoms with van der Waals surface area (Å²) in [5.74, 6) is 1.16. The molecule has 2 fully saturated rings. The van der Waals surface area contributed by atoms with Gasteiger partial charge in [-0.3, -0.25) is 4.79 Å². The molecule has 2 N–H and O–H groups in total. The van der Waals surface area contributed by atoms with Gasteiger partial charge in [0.2, 0.25) is 0 Å². The Kier molecular flexibility index (Phi) is 5.81. The van der Waals surface area contributed by atoms with Gasteiger partial charge in [0.05, 0.1) is 12.6 Å². The molecule has 28 heavy (non-hydrogen) atoms. The van der Waals surface area contributed by atoms with E-state index in [2.05, 4.69) is 10.3 Å². The molecule has 1 aromatic carbocycles. The number of benzene rings is 1. The van der Waals surface area contributed by atoms with Crippen LogP contribution in [0.15, 0.2) is 24.3 Å². The average Bonchev–Trinajstić information content (AvgIpc) is 3.36. The number of fused-ring (bicyclic) bond motifs is 1. The first kappa shape index (κ1) is 19.2. The van der Waals surface area contributed by atoms with Crippen LogP contribution in [0.25, 0.3) is 10.9 Å². The smallest absolute Gasteiger partial charge is 0.354 e. The lowest BCUT2D eigenvalue weighted by Gasteiger charge is -2.30. The van der Waals surface area contributed by atoms with E-state index in [4.69, 9.17) is 4.74 Å². The topological polar surface area (TPSA) is 71.2 Å². The molecule has 0 radical (unpaired) electrons. The Hall–Kier alpha value is -2.14. The van der Waals surface area contributed by atoms with Crippen LogP contribution in [0.4, 0.5) is 0 Å². The van der Waals surface area contributed by atoms with Crippen LogP contribution < -0.4 is 5.32 Å². The minimum absolute atomic E-state index is 0.000106. The molecule has 0 amide bonds. The van der Waals surface area contributed by atoms with Crippen molar-refractivity contribution in [2.75, 3.05) is 13.2 Å². The number of esters is 1. The number of aromatic amines is 1. The number of rotatable bonds is 6. The number of ketones is 1. The summed E-state index contributed by atoms with van der Waals surface area (Å²) in [5, 5.41) is 4.42. The normalized spacial score (nSPS) is 23.2. The van der Waals surface area contributed by atoms with Gasteiger partial charge in [0, 0.05) is 17.3 Å². The SMILES string of the molecule is CCOC(=O)c1cc2cc(CC(=O)[C@H]3NCC[C@H]3C3CCCCC3)ccc2[nH]1. The van der Waals surface area contributed by atoms with Gasteiger partial charge >= 0.3 is 5.97 Å². The summed E-state index contributed by atoms with van der Waals surface area (Å²) in [4.78, 5) is 28.1. The standard InChI is InChI=1S/C23H30N2O3/c1-2-28-23(27)20-14-17-12-15(8-9-19(17)25-20)13-21(26)22-18(10-11-24-22)16-6-4-3-5-7-16/h8-9,12,14,16,18,22,24-25H,2-7,10-11,13H2,1H3/t18-,22-/m0/s1. The lowest BCUT2D eigenvalue weighted by molar-refractivity contribution is -0.121. The Morgan fingerprint density at radius 2 is 1.93 bits per heavy atom. The molecule has 0 bridgehead atoms. The molecule has 1 saturated carbocycles. The van der Waals surface area contributed by atoms with Gasteiger partial charge in [-0.15, -0.1) is 0 Å². The molecule has 150 valence electrons. The molecular formula is C23H30N2O3. The van der Waals surface area contributed by atoms with Crippen molar-refractivity contribution in [3.05, 3.63) is 35.5 Å². The van der Waals surface area contributed by atoms with Gasteiger partial charge in [0.1, 0.15) is 5.69 Å². The van der Waals surface area contributed by atoms with E-state index in [1.807, 2.05) is 18.2 Å². The fourth-order valence-corrected chi connectivity index (χ4v) is 5.07. The van der Waals surface area contributed by atoms with Gasteiger partial charge < -0.3 is 15.0 Å². The molecule has 5 nitrogen and oxygen atoms in total. The number of carbonyl (C=O) groups excluding carboxylic acids is 2. The zero-order chi connectivity index (χ0) is 19.5. The van der Waals surface area contributed by atoms with E-state index in [9.17, 15) is 9.59 Å². The second kappa shape index (κ2) is 8.48. The molecule has 5 heteroatoms. The molecule has 2 heterocycles. The second-order valence-corrected chi connectivity index (χ2v) is 8.25. The molecule has 2 aliphatic rings. The predicted octanol–water partition coefficient (Wildman–Crippen LogP) is 4.01. The van der Waals surface area contributed by atoms with E-state index in [0.717, 1.165) is 29.4 Å². The molecule has 1 aromatic heterocycles. The van der Waals surface area contributed by atoms with E-state index >= 15 is 0 Å². The van der Waals surface area contributed by atoms with E-state index in [1.165, 1.54) is 32.1 Å². The van der Waals surface area contributed by atoms with Crippen LogP contribution in [-0.2, 0) is 16.0 Å². The van der Waals surface area contributed by atoms with Crippen LogP contribution in [0.5, 0.6) is 0 Å². The summed E-state index contributed by atoms with van der Waals surface area (Å²) in [6.07, 6.45) is 8.10. The van der Waals surface area contributed by atoms with Gasteiger partial charge in [0.25, 0.3) is 0 Å². The highest BCUT2D eigenvalue weighted by Crippen LogP contribution is 2.36. The number of nitrogens with one attached hydrogen (secondary N) is 2. The first-order chi connectivity index (χ1) is 13.7. The maximum absolute atomic E-state index is 13.1. The van der Waals surface area contributed by atoms with Gasteiger partial charge in [0.15, 0.2) is 5.78 Å². The number of hydrogen-bond acceptors (Lipinski definition) is 4. The van der Waals surface area contributed by atoms with Gasteiger partial charge in [-0.05, 0) is 55.5 Å². The third-order valence-electron chi connectivity index (χ3n) is 6.43. The van der Waals surface area contributed by atoms with Crippen LogP contribution in [0.1, 0.15) is 61.5 Å². The quantitative estimate of drug-likeness (QED) is 0.741. The summed E-state index contributed by atoms with van der Waals surface area (Å²) in [5.41, 5.74) is 2.34. The number of hydrogen-bond donors (Lipinski definition) is 2. The molecule has 1 aliphatic carbocycles. The predicted molar refractivity (Wildman–Crippen MR) is 109 cm³/mol. The monoisotopic (exact) mass is 382 g/mol. The first-order valence-corrected chi connectivity index (χ1v) is 10.7. The molecule has 4 rings (SSSR count). The van der Waals surface area contributed by atoms with Crippen molar-refractivity contribution >= 4 is 22.7 Å². The number of H-pyrrole nitrogens is 1. The highest BCUT2D eigenvalue weighted by Gasteiger charge is 2.37. The van der Waals surface area contributed by atoms with Crippen molar-refractivity contribution in [2.24, 2.45) is 11.8 Å². The van der Waals surface area contributed by atoms with Crippen molar-refractivity contribution in [3.63, 3.8) is 0 Å². The zero-order valence-corrected chi connectivity index (χ0v) is 16.6. The van der Waals surface area contributed by atoms with Gasteiger partial charge in [-0.2, -0.15) is 0 Å². The van der Waals surface area contributed by atoms with Crippen molar-refractivity contribution < 1.29 is 14.3 Å². The Morgan fingerprint density at radius 3 is 2.71 bits per heavy atom. The van der Waals surface area contributed by atoms with Crippen LogP contribution in [-0.4, -0.2) is 35.9 Å². The molecule has 1 aliphatic heterocycles. The highest BCUT2D eigenvalue weighted by atomic mass is 16.5. The Morgan fingerprint density at radius 1 is 1.11 bits per heavy atom. The molecule has 1 saturated heterocycles. The van der Waals surface area contributed by atoms with Gasteiger partial charge in [-0.1, -0.05) is 38.2 Å². The summed E-state index contributed by atoms with van der Waals surface area (Å²) in [6, 6.07) is 7.74. The zero-order valence-electron chi connectivity index (χ0n) is 16.6. The van der Waals surface area contributed by atoms with Crippen molar-refractivity contribution in [2.45, 2.75) is 57.9 Å². The van der Waals surface area contributed by atoms with Gasteiger partial charge in [-0.25, -0.2) is 4.79 Å². The van der Waals surface area contributed by atoms with E-state index in [0.29, 0.717) is 36.3 Å². The highest BCUT2D eigenvalue weighted by molar-refractivity contribution is 5.95. The second-order valence-electron chi connectivity index (χ2n) is 8.25. The summed E-state index contributed by atoms with van der Waals surface area (Å²) >= 11 is 0. The number of ether oxygens (including phenoxy) is 1. The maximum Gasteiger partial charge on any atom is 0.354 e. The third-order valence-corrected chi connectivity index (χ3v) is 6.43. The molecule has 2 atom stereocenters. The van der Waals surface area contributed by atoms with E-state index in [-0.39, 0.29) is 12.0 Å². The number of carbonyl (C=O) groups is 2. The number of Topliss-reactive ketones (excluding diaryl/α,β-unsaturated/α-hetero) is 1. The summed E-state index contributed by atoms with van der Waals surface area (Å²) in [7, 11) is 0. The summed E-state index contributed by atoms with van der Waals surface area (Å²) in [6.45, 7) is 3.10. The lowest BCUT2D eigenvalue weighted by Crippen LogP contribution is -2.40. The molecule has 2 aromatic rings. The van der Waals surface area contributed by atoms with Crippen LogP contribution in [0, 0.1) is 11.8 Å². The lowest BCUT2D eigenvalue weighted by atomic mass is 9.75. The number of aromatic nitrogens is 1.